The molecule has 4 rings (SSSR count). The number of nitrogens with one attached hydrogen (secondary N) is 1. The van der Waals surface area contributed by atoms with Crippen LogP contribution in [0.1, 0.15) is 34.6 Å². The van der Waals surface area contributed by atoms with Crippen LogP contribution in [0.15, 0.2) is 12.4 Å². The van der Waals surface area contributed by atoms with Crippen LogP contribution in [0.3, 0.4) is 0 Å². The number of carbonyl (C=O) groups excluding carboxylic acids is 1. The van der Waals surface area contributed by atoms with E-state index in [-0.39, 0.29) is 5.91 Å². The van der Waals surface area contributed by atoms with Crippen LogP contribution in [0.4, 0.5) is 5.82 Å². The Hall–Kier alpha value is -2.94. The van der Waals surface area contributed by atoms with E-state index in [1.165, 1.54) is 17.9 Å². The van der Waals surface area contributed by atoms with E-state index in [2.05, 4.69) is 29.7 Å². The molecule has 1 N–H and O–H groups in total. The second-order valence-electron chi connectivity index (χ2n) is 6.57. The van der Waals surface area contributed by atoms with E-state index in [0.29, 0.717) is 24.4 Å². The van der Waals surface area contributed by atoms with E-state index in [0.717, 1.165) is 38.4 Å². The first kappa shape index (κ1) is 17.5. The highest BCUT2D eigenvalue weighted by Gasteiger charge is 2.16. The normalized spacial score (nSPS) is 11.4. The van der Waals surface area contributed by atoms with Crippen molar-refractivity contribution in [3.63, 3.8) is 0 Å². The highest BCUT2D eigenvalue weighted by atomic mass is 32.1. The number of nitrogens with zero attached hydrogens (tertiary/aromatic N) is 6. The summed E-state index contributed by atoms with van der Waals surface area (Å²) in [5.41, 5.74) is 4.85. The molecule has 0 fully saturated rings. The molecule has 0 saturated heterocycles. The fraction of sp³-hybridized carbons (Fsp3) is 0.333. The van der Waals surface area contributed by atoms with Gasteiger partial charge in [-0.3, -0.25) is 4.79 Å². The third-order valence-electron chi connectivity index (χ3n) is 4.62. The summed E-state index contributed by atoms with van der Waals surface area (Å²) in [6, 6.07) is 2.00. The van der Waals surface area contributed by atoms with Crippen molar-refractivity contribution < 1.29 is 4.79 Å². The van der Waals surface area contributed by atoms with Crippen LogP contribution in [0.5, 0.6) is 0 Å². The van der Waals surface area contributed by atoms with Gasteiger partial charge in [-0.2, -0.15) is 14.5 Å². The van der Waals surface area contributed by atoms with Gasteiger partial charge in [-0.15, -0.1) is 0 Å². The zero-order valence-corrected chi connectivity index (χ0v) is 16.4. The smallest absolute Gasteiger partial charge is 0.252 e. The quantitative estimate of drug-likeness (QED) is 0.584. The first-order chi connectivity index (χ1) is 12.9. The highest BCUT2D eigenvalue weighted by Crippen LogP contribution is 2.29. The number of hydrogen-bond donors (Lipinski definition) is 1. The van der Waals surface area contributed by atoms with Crippen LogP contribution in [0.2, 0.25) is 0 Å². The van der Waals surface area contributed by atoms with E-state index < -0.39 is 0 Å². The summed E-state index contributed by atoms with van der Waals surface area (Å²) in [6.45, 7) is 7.86. The molecule has 8 nitrogen and oxygen atoms in total. The van der Waals surface area contributed by atoms with Crippen LogP contribution in [-0.2, 0) is 11.2 Å². The molecule has 0 radical (unpaired) electrons. The van der Waals surface area contributed by atoms with Crippen LogP contribution in [-0.4, -0.2) is 34.8 Å². The number of rotatable bonds is 4. The topological polar surface area (TPSA) is 98.0 Å². The standard InChI is InChI=1S/C18H19N7OS/c1-9-7-10(2)21-17-15(9)16(24-27-17)23-14(26)6-5-13-11(3)22-18-19-8-20-25(18)12(13)4/h7-8H,5-6H2,1-4H3,(H,23,24,26). The van der Waals surface area contributed by atoms with E-state index >= 15 is 0 Å². The number of hydrogen-bond acceptors (Lipinski definition) is 7. The van der Waals surface area contributed by atoms with Gasteiger partial charge in [-0.05, 0) is 62.8 Å². The largest absolute Gasteiger partial charge is 0.309 e. The average Bonchev–Trinajstić information content (AvgIpc) is 3.21. The Bertz CT molecular complexity index is 1180. The Morgan fingerprint density at radius 1 is 1.22 bits per heavy atom. The van der Waals surface area contributed by atoms with E-state index in [4.69, 9.17) is 0 Å². The summed E-state index contributed by atoms with van der Waals surface area (Å²) < 4.78 is 6.07. The number of pyridine rings is 1. The molecule has 0 unspecified atom stereocenters. The molecule has 9 heteroatoms. The summed E-state index contributed by atoms with van der Waals surface area (Å²) in [5.74, 6) is 1.08. The molecule has 0 spiro atoms. The Kier molecular flexibility index (Phi) is 4.31. The van der Waals surface area contributed by atoms with Gasteiger partial charge < -0.3 is 5.32 Å². The van der Waals surface area contributed by atoms with Crippen molar-refractivity contribution in [1.82, 2.24) is 28.9 Å². The summed E-state index contributed by atoms with van der Waals surface area (Å²) >= 11 is 1.30. The van der Waals surface area contributed by atoms with Crippen molar-refractivity contribution in [2.45, 2.75) is 40.5 Å². The summed E-state index contributed by atoms with van der Waals surface area (Å²) in [6.07, 6.45) is 2.39. The summed E-state index contributed by atoms with van der Waals surface area (Å²) in [7, 11) is 0. The molecule has 1 amide bonds. The molecule has 0 aliphatic rings. The van der Waals surface area contributed by atoms with Gasteiger partial charge in [0.05, 0.1) is 5.39 Å². The number of aryl methyl sites for hydroxylation is 4. The van der Waals surface area contributed by atoms with Crippen LogP contribution >= 0.6 is 11.5 Å². The number of amides is 1. The summed E-state index contributed by atoms with van der Waals surface area (Å²) in [4.78, 5) is 26.4. The third kappa shape index (κ3) is 3.14. The second kappa shape index (κ2) is 6.66. The number of fused-ring (bicyclic) bond motifs is 2. The molecular formula is C18H19N7OS. The van der Waals surface area contributed by atoms with Crippen LogP contribution in [0, 0.1) is 27.7 Å². The maximum atomic E-state index is 12.5. The van der Waals surface area contributed by atoms with Gasteiger partial charge >= 0.3 is 0 Å². The lowest BCUT2D eigenvalue weighted by Crippen LogP contribution is -2.14. The van der Waals surface area contributed by atoms with Gasteiger partial charge in [-0.25, -0.2) is 14.5 Å². The lowest BCUT2D eigenvalue weighted by atomic mass is 10.1. The molecule has 0 aliphatic carbocycles. The minimum absolute atomic E-state index is 0.0836. The molecule has 4 aromatic rings. The third-order valence-corrected chi connectivity index (χ3v) is 5.36. The first-order valence-corrected chi connectivity index (χ1v) is 9.40. The van der Waals surface area contributed by atoms with E-state index in [1.807, 2.05) is 33.8 Å². The van der Waals surface area contributed by atoms with Crippen LogP contribution < -0.4 is 5.32 Å². The maximum Gasteiger partial charge on any atom is 0.252 e. The van der Waals surface area contributed by atoms with Crippen molar-refractivity contribution in [1.29, 1.82) is 0 Å². The van der Waals surface area contributed by atoms with Gasteiger partial charge in [0.2, 0.25) is 5.91 Å². The van der Waals surface area contributed by atoms with Gasteiger partial charge in [-0.1, -0.05) is 0 Å². The lowest BCUT2D eigenvalue weighted by Gasteiger charge is -2.10. The van der Waals surface area contributed by atoms with Crippen molar-refractivity contribution >= 4 is 39.3 Å². The minimum Gasteiger partial charge on any atom is -0.309 e. The fourth-order valence-corrected chi connectivity index (χ4v) is 4.18. The molecular weight excluding hydrogens is 362 g/mol. The Morgan fingerprint density at radius 3 is 2.85 bits per heavy atom. The summed E-state index contributed by atoms with van der Waals surface area (Å²) in [5, 5.41) is 8.03. The lowest BCUT2D eigenvalue weighted by molar-refractivity contribution is -0.116. The molecule has 0 atom stereocenters. The average molecular weight is 381 g/mol. The zero-order chi connectivity index (χ0) is 19.1. The van der Waals surface area contributed by atoms with E-state index in [9.17, 15) is 4.79 Å². The minimum atomic E-state index is -0.0836. The molecule has 4 aromatic heterocycles. The Labute approximate surface area is 159 Å². The maximum absolute atomic E-state index is 12.5. The van der Waals surface area contributed by atoms with Gasteiger partial charge in [0.1, 0.15) is 11.2 Å². The Balaban J connectivity index is 1.53. The van der Waals surface area contributed by atoms with Gasteiger partial charge in [0.25, 0.3) is 5.78 Å². The molecule has 0 bridgehead atoms. The predicted octanol–water partition coefficient (Wildman–Crippen LogP) is 2.93. The predicted molar refractivity (Wildman–Crippen MR) is 104 cm³/mol. The molecule has 138 valence electrons. The second-order valence-corrected chi connectivity index (χ2v) is 7.32. The number of anilines is 1. The number of aromatic nitrogens is 6. The molecule has 0 aromatic carbocycles. The fourth-order valence-electron chi connectivity index (χ4n) is 3.33. The molecule has 0 aliphatic heterocycles. The van der Waals surface area contributed by atoms with Gasteiger partial charge in [0.15, 0.2) is 5.82 Å². The van der Waals surface area contributed by atoms with Crippen LogP contribution in [0.25, 0.3) is 16.0 Å². The number of carbonyl (C=O) groups is 1. The Morgan fingerprint density at radius 2 is 2.04 bits per heavy atom. The van der Waals surface area contributed by atoms with Gasteiger partial charge in [0, 0.05) is 23.5 Å². The molecule has 27 heavy (non-hydrogen) atoms. The van der Waals surface area contributed by atoms with E-state index in [1.54, 1.807) is 4.52 Å². The highest BCUT2D eigenvalue weighted by molar-refractivity contribution is 7.13. The monoisotopic (exact) mass is 381 g/mol. The SMILES string of the molecule is Cc1cc(C)c2c(NC(=O)CCc3c(C)nc4ncnn4c3C)nsc2n1. The van der Waals surface area contributed by atoms with Crippen molar-refractivity contribution in [2.75, 3.05) is 5.32 Å². The molecule has 4 heterocycles. The zero-order valence-electron chi connectivity index (χ0n) is 15.6. The molecule has 0 saturated carbocycles. The van der Waals surface area contributed by atoms with Crippen molar-refractivity contribution in [3.8, 4) is 0 Å². The first-order valence-electron chi connectivity index (χ1n) is 8.63. The van der Waals surface area contributed by atoms with Crippen molar-refractivity contribution in [3.05, 3.63) is 40.6 Å². The van der Waals surface area contributed by atoms with Crippen molar-refractivity contribution in [2.24, 2.45) is 0 Å².